The number of esters is 1. The zero-order chi connectivity index (χ0) is 19.2. The molecule has 1 heterocycles. The number of hydrogen-bond acceptors (Lipinski definition) is 5. The molecule has 2 aromatic rings. The fraction of sp³-hybridized carbons (Fsp3) is 0.333. The third-order valence-corrected chi connectivity index (χ3v) is 4.61. The predicted molar refractivity (Wildman–Crippen MR) is 103 cm³/mol. The number of carbonyl (C=O) groups excluding carboxylic acids is 2. The van der Waals surface area contributed by atoms with Crippen molar-refractivity contribution in [3.8, 4) is 5.75 Å². The molecule has 0 bridgehead atoms. The molecule has 3 rings (SSSR count). The maximum absolute atomic E-state index is 12.5. The van der Waals surface area contributed by atoms with E-state index in [0.29, 0.717) is 25.3 Å². The molecule has 1 N–H and O–H groups in total. The average Bonchev–Trinajstić information content (AvgIpc) is 2.68. The van der Waals surface area contributed by atoms with Crippen molar-refractivity contribution in [2.45, 2.75) is 25.9 Å². The average molecular weight is 368 g/mol. The van der Waals surface area contributed by atoms with Gasteiger partial charge in [-0.2, -0.15) is 0 Å². The first-order chi connectivity index (χ1) is 13.1. The van der Waals surface area contributed by atoms with Gasteiger partial charge in [0.2, 0.25) is 5.91 Å². The molecule has 2 aromatic carbocycles. The fourth-order valence-corrected chi connectivity index (χ4v) is 3.30. The lowest BCUT2D eigenvalue weighted by Crippen LogP contribution is -2.49. The SMILES string of the molecule is CCOc1ccc(NC(=O)CN2Cc3ccccc3C[C@@H]2C(=O)OC)cc1. The summed E-state index contributed by atoms with van der Waals surface area (Å²) in [6.07, 6.45) is 0.541. The highest BCUT2D eigenvalue weighted by Gasteiger charge is 2.33. The van der Waals surface area contributed by atoms with Crippen LogP contribution in [0.25, 0.3) is 0 Å². The van der Waals surface area contributed by atoms with Crippen molar-refractivity contribution in [3.05, 3.63) is 59.7 Å². The van der Waals surface area contributed by atoms with E-state index in [-0.39, 0.29) is 18.4 Å². The van der Waals surface area contributed by atoms with Crippen LogP contribution in [-0.2, 0) is 27.3 Å². The number of nitrogens with zero attached hydrogens (tertiary/aromatic N) is 1. The van der Waals surface area contributed by atoms with E-state index < -0.39 is 6.04 Å². The molecular weight excluding hydrogens is 344 g/mol. The lowest BCUT2D eigenvalue weighted by atomic mass is 9.94. The molecule has 0 aliphatic carbocycles. The molecule has 142 valence electrons. The van der Waals surface area contributed by atoms with Gasteiger partial charge in [0.15, 0.2) is 0 Å². The van der Waals surface area contributed by atoms with Gasteiger partial charge >= 0.3 is 5.97 Å². The van der Waals surface area contributed by atoms with Crippen LogP contribution in [0.15, 0.2) is 48.5 Å². The van der Waals surface area contributed by atoms with Gasteiger partial charge in [-0.05, 0) is 48.7 Å². The maximum Gasteiger partial charge on any atom is 0.323 e. The number of hydrogen-bond donors (Lipinski definition) is 1. The van der Waals surface area contributed by atoms with E-state index >= 15 is 0 Å². The molecule has 0 aromatic heterocycles. The van der Waals surface area contributed by atoms with Crippen LogP contribution in [0.4, 0.5) is 5.69 Å². The lowest BCUT2D eigenvalue weighted by molar-refractivity contribution is -0.148. The minimum atomic E-state index is -0.462. The lowest BCUT2D eigenvalue weighted by Gasteiger charge is -2.34. The molecule has 1 atom stereocenters. The Hall–Kier alpha value is -2.86. The van der Waals surface area contributed by atoms with E-state index in [9.17, 15) is 9.59 Å². The quantitative estimate of drug-likeness (QED) is 0.794. The molecule has 0 unspecified atom stereocenters. The van der Waals surface area contributed by atoms with Crippen molar-refractivity contribution >= 4 is 17.6 Å². The summed E-state index contributed by atoms with van der Waals surface area (Å²) in [7, 11) is 1.38. The topological polar surface area (TPSA) is 67.9 Å². The van der Waals surface area contributed by atoms with E-state index in [4.69, 9.17) is 9.47 Å². The Morgan fingerprint density at radius 1 is 1.11 bits per heavy atom. The molecular formula is C21H24N2O4. The molecule has 0 saturated heterocycles. The second-order valence-corrected chi connectivity index (χ2v) is 6.42. The number of nitrogens with one attached hydrogen (secondary N) is 1. The number of anilines is 1. The summed E-state index contributed by atoms with van der Waals surface area (Å²) in [5.74, 6) is 0.264. The third-order valence-electron chi connectivity index (χ3n) is 4.61. The van der Waals surface area contributed by atoms with Gasteiger partial charge in [0.1, 0.15) is 11.8 Å². The van der Waals surface area contributed by atoms with Gasteiger partial charge in [-0.1, -0.05) is 24.3 Å². The van der Waals surface area contributed by atoms with Gasteiger partial charge in [0, 0.05) is 12.2 Å². The Balaban J connectivity index is 1.68. The molecule has 0 fully saturated rings. The van der Waals surface area contributed by atoms with Crippen LogP contribution in [0.1, 0.15) is 18.1 Å². The van der Waals surface area contributed by atoms with Gasteiger partial charge in [0.05, 0.1) is 20.3 Å². The minimum Gasteiger partial charge on any atom is -0.494 e. The first-order valence-corrected chi connectivity index (χ1v) is 9.02. The van der Waals surface area contributed by atoms with E-state index in [1.807, 2.05) is 48.2 Å². The number of benzene rings is 2. The predicted octanol–water partition coefficient (Wildman–Crippen LogP) is 2.62. The Morgan fingerprint density at radius 3 is 2.48 bits per heavy atom. The Morgan fingerprint density at radius 2 is 1.81 bits per heavy atom. The van der Waals surface area contributed by atoms with Crippen LogP contribution in [0, 0.1) is 0 Å². The molecule has 6 heteroatoms. The van der Waals surface area contributed by atoms with Crippen molar-refractivity contribution in [2.75, 3.05) is 25.6 Å². The molecule has 6 nitrogen and oxygen atoms in total. The summed E-state index contributed by atoms with van der Waals surface area (Å²) in [5, 5.41) is 2.87. The van der Waals surface area contributed by atoms with Crippen LogP contribution >= 0.6 is 0 Å². The zero-order valence-electron chi connectivity index (χ0n) is 15.6. The largest absolute Gasteiger partial charge is 0.494 e. The number of ether oxygens (including phenoxy) is 2. The molecule has 27 heavy (non-hydrogen) atoms. The second-order valence-electron chi connectivity index (χ2n) is 6.42. The van der Waals surface area contributed by atoms with Crippen molar-refractivity contribution in [3.63, 3.8) is 0 Å². The number of rotatable bonds is 6. The molecule has 0 saturated carbocycles. The van der Waals surface area contributed by atoms with E-state index in [1.165, 1.54) is 7.11 Å². The summed E-state index contributed by atoms with van der Waals surface area (Å²) < 4.78 is 10.3. The molecule has 1 amide bonds. The smallest absolute Gasteiger partial charge is 0.323 e. The van der Waals surface area contributed by atoms with Gasteiger partial charge in [-0.3, -0.25) is 14.5 Å². The van der Waals surface area contributed by atoms with E-state index in [0.717, 1.165) is 16.9 Å². The fourth-order valence-electron chi connectivity index (χ4n) is 3.30. The van der Waals surface area contributed by atoms with Gasteiger partial charge in [-0.25, -0.2) is 0 Å². The summed E-state index contributed by atoms with van der Waals surface area (Å²) in [4.78, 5) is 26.6. The number of carbonyl (C=O) groups is 2. The normalized spacial score (nSPS) is 16.3. The maximum atomic E-state index is 12.5. The molecule has 1 aliphatic rings. The first-order valence-electron chi connectivity index (χ1n) is 9.02. The highest BCUT2D eigenvalue weighted by atomic mass is 16.5. The van der Waals surface area contributed by atoms with E-state index in [2.05, 4.69) is 5.32 Å². The van der Waals surface area contributed by atoms with Crippen molar-refractivity contribution < 1.29 is 19.1 Å². The minimum absolute atomic E-state index is 0.112. The van der Waals surface area contributed by atoms with Crippen molar-refractivity contribution in [1.82, 2.24) is 4.90 Å². The zero-order valence-corrected chi connectivity index (χ0v) is 15.6. The summed E-state index contributed by atoms with van der Waals surface area (Å²) in [6.45, 7) is 3.16. The second kappa shape index (κ2) is 8.68. The van der Waals surface area contributed by atoms with Crippen LogP contribution in [0.2, 0.25) is 0 Å². The standard InChI is InChI=1S/C21H24N2O4/c1-3-27-18-10-8-17(9-11-18)22-20(24)14-23-13-16-7-5-4-6-15(16)12-19(23)21(25)26-2/h4-11,19H,3,12-14H2,1-2H3,(H,22,24)/t19-/m1/s1. The summed E-state index contributed by atoms with van der Waals surface area (Å²) in [6, 6.07) is 14.7. The Kier molecular flexibility index (Phi) is 6.08. The van der Waals surface area contributed by atoms with Gasteiger partial charge < -0.3 is 14.8 Å². The monoisotopic (exact) mass is 368 g/mol. The van der Waals surface area contributed by atoms with Crippen LogP contribution in [0.5, 0.6) is 5.75 Å². The van der Waals surface area contributed by atoms with Crippen molar-refractivity contribution in [2.24, 2.45) is 0 Å². The Labute approximate surface area is 159 Å². The highest BCUT2D eigenvalue weighted by molar-refractivity contribution is 5.92. The number of methoxy groups -OCH3 is 1. The molecule has 1 aliphatic heterocycles. The van der Waals surface area contributed by atoms with Gasteiger partial charge in [-0.15, -0.1) is 0 Å². The van der Waals surface area contributed by atoms with Crippen molar-refractivity contribution in [1.29, 1.82) is 0 Å². The molecule has 0 spiro atoms. The van der Waals surface area contributed by atoms with Crippen LogP contribution in [-0.4, -0.2) is 43.1 Å². The summed E-state index contributed by atoms with van der Waals surface area (Å²) in [5.41, 5.74) is 2.94. The van der Waals surface area contributed by atoms with Crippen LogP contribution in [0.3, 0.4) is 0 Å². The first kappa shape index (κ1) is 18.9. The van der Waals surface area contributed by atoms with E-state index in [1.54, 1.807) is 12.1 Å². The molecule has 0 radical (unpaired) electrons. The Bertz CT molecular complexity index is 804. The highest BCUT2D eigenvalue weighted by Crippen LogP contribution is 2.24. The summed E-state index contributed by atoms with van der Waals surface area (Å²) >= 11 is 0. The van der Waals surface area contributed by atoms with Gasteiger partial charge in [0.25, 0.3) is 0 Å². The third kappa shape index (κ3) is 4.65. The number of amides is 1. The van der Waals surface area contributed by atoms with Crippen LogP contribution < -0.4 is 10.1 Å². The number of fused-ring (bicyclic) bond motifs is 1.